The smallest absolute Gasteiger partial charge is 0.335 e. The Morgan fingerprint density at radius 2 is 0.880 bits per heavy atom. The Hall–Kier alpha value is -4.88. The number of carboxylic acids is 1. The summed E-state index contributed by atoms with van der Waals surface area (Å²) in [5.41, 5.74) is 0. The Labute approximate surface area is 452 Å². The van der Waals surface area contributed by atoms with E-state index < -0.39 is 67.3 Å². The van der Waals surface area contributed by atoms with Gasteiger partial charge in [-0.05, 0) is 103 Å². The Kier molecular flexibility index (Phi) is 45.4. The molecular weight excluding hydrogens is 949 g/mol. The standard InChI is InChI=1S/C63H98O12/c1-4-7-10-13-16-19-22-25-27-28-30-32-34-37-40-43-46-49-55(64)71-52-54(73-56(65)50-47-44-41-38-35-31-24-21-18-15-12-9-6-3)53-72-63-61(59(68)58(67)60(75-63)62(69)70)74-57(66)51-48-45-42-39-36-33-29-26-23-20-17-14-11-8-5-2/h7-8,10-12,15-17,19-21,24-27,29,36,39,45,48,54,58-61,63,67-68H,4-6,9,13-14,18,22-23,28,30-35,37-38,40-44,46-47,49-53H2,1-3H3,(H,69,70)/b10-7-,11-8-,15-12-,19-16-,20-17-,24-21-,27-25-,29-26-,39-36-,48-45-. The molecule has 6 unspecified atom stereocenters. The van der Waals surface area contributed by atoms with Crippen LogP contribution in [0.5, 0.6) is 0 Å². The monoisotopic (exact) mass is 1050 g/mol. The average Bonchev–Trinajstić information content (AvgIpc) is 3.39. The molecule has 0 aliphatic carbocycles. The molecule has 422 valence electrons. The predicted molar refractivity (Wildman–Crippen MR) is 303 cm³/mol. The summed E-state index contributed by atoms with van der Waals surface area (Å²) < 4.78 is 28.2. The van der Waals surface area contributed by atoms with E-state index in [4.69, 9.17) is 23.7 Å². The summed E-state index contributed by atoms with van der Waals surface area (Å²) in [4.78, 5) is 51.0. The minimum atomic E-state index is -1.94. The van der Waals surface area contributed by atoms with Crippen LogP contribution in [0.4, 0.5) is 0 Å². The first-order valence-electron chi connectivity index (χ1n) is 28.5. The van der Waals surface area contributed by atoms with Crippen molar-refractivity contribution < 1.29 is 58.2 Å². The fourth-order valence-electron chi connectivity index (χ4n) is 7.73. The number of carbonyl (C=O) groups excluding carboxylic acids is 3. The van der Waals surface area contributed by atoms with Crippen molar-refractivity contribution in [1.82, 2.24) is 0 Å². The van der Waals surface area contributed by atoms with Crippen molar-refractivity contribution in [2.45, 2.75) is 237 Å². The fourth-order valence-corrected chi connectivity index (χ4v) is 7.73. The van der Waals surface area contributed by atoms with E-state index >= 15 is 0 Å². The number of ether oxygens (including phenoxy) is 5. The summed E-state index contributed by atoms with van der Waals surface area (Å²) in [6, 6.07) is 0. The third-order valence-corrected chi connectivity index (χ3v) is 12.0. The molecule has 12 heteroatoms. The second-order valence-corrected chi connectivity index (χ2v) is 18.8. The molecular formula is C63H98O12. The van der Waals surface area contributed by atoms with E-state index in [0.717, 1.165) is 135 Å². The zero-order valence-electron chi connectivity index (χ0n) is 46.2. The number of aliphatic hydroxyl groups is 2. The number of carbonyl (C=O) groups is 4. The molecule has 0 radical (unpaired) electrons. The normalized spacial score (nSPS) is 19.1. The van der Waals surface area contributed by atoms with Crippen LogP contribution in [0, 0.1) is 0 Å². The van der Waals surface area contributed by atoms with Gasteiger partial charge in [0, 0.05) is 12.8 Å². The third kappa shape index (κ3) is 40.1. The average molecular weight is 1050 g/mol. The second-order valence-electron chi connectivity index (χ2n) is 18.8. The lowest BCUT2D eigenvalue weighted by atomic mass is 9.98. The maximum atomic E-state index is 13.1. The zero-order valence-corrected chi connectivity index (χ0v) is 46.2. The summed E-state index contributed by atoms with van der Waals surface area (Å²) >= 11 is 0. The largest absolute Gasteiger partial charge is 0.479 e. The van der Waals surface area contributed by atoms with Gasteiger partial charge in [0.1, 0.15) is 18.8 Å². The molecule has 6 atom stereocenters. The summed E-state index contributed by atoms with van der Waals surface area (Å²) in [6.07, 6.45) is 56.3. The molecule has 1 fully saturated rings. The second kappa shape index (κ2) is 50.0. The molecule has 3 N–H and O–H groups in total. The molecule has 1 aliphatic rings. The van der Waals surface area contributed by atoms with E-state index in [2.05, 4.69) is 118 Å². The van der Waals surface area contributed by atoms with Crippen LogP contribution in [0.3, 0.4) is 0 Å². The molecule has 0 bridgehead atoms. The van der Waals surface area contributed by atoms with Gasteiger partial charge in [-0.2, -0.15) is 0 Å². The van der Waals surface area contributed by atoms with Crippen LogP contribution in [-0.4, -0.2) is 89.2 Å². The van der Waals surface area contributed by atoms with E-state index in [-0.39, 0.29) is 25.9 Å². The molecule has 0 spiro atoms. The van der Waals surface area contributed by atoms with Gasteiger partial charge >= 0.3 is 23.9 Å². The van der Waals surface area contributed by atoms with Crippen molar-refractivity contribution in [3.05, 3.63) is 122 Å². The van der Waals surface area contributed by atoms with Crippen molar-refractivity contribution in [1.29, 1.82) is 0 Å². The molecule has 1 heterocycles. The molecule has 0 aromatic heterocycles. The van der Waals surface area contributed by atoms with Gasteiger partial charge in [0.15, 0.2) is 24.6 Å². The summed E-state index contributed by atoms with van der Waals surface area (Å²) in [7, 11) is 0. The van der Waals surface area contributed by atoms with Gasteiger partial charge in [0.2, 0.25) is 0 Å². The van der Waals surface area contributed by atoms with E-state index in [1.807, 2.05) is 12.2 Å². The number of carboxylic acid groups (broad SMARTS) is 1. The quantitative estimate of drug-likeness (QED) is 0.0228. The number of unbranched alkanes of at least 4 members (excludes halogenated alkanes) is 13. The molecule has 0 aromatic rings. The number of rotatable bonds is 46. The number of aliphatic carboxylic acids is 1. The Morgan fingerprint density at radius 1 is 0.467 bits per heavy atom. The van der Waals surface area contributed by atoms with E-state index in [0.29, 0.717) is 19.3 Å². The van der Waals surface area contributed by atoms with Gasteiger partial charge in [0.25, 0.3) is 0 Å². The fraction of sp³-hybridized carbons (Fsp3) is 0.619. The molecule has 12 nitrogen and oxygen atoms in total. The highest BCUT2D eigenvalue weighted by Crippen LogP contribution is 2.26. The first kappa shape index (κ1) is 68.1. The molecule has 1 saturated heterocycles. The summed E-state index contributed by atoms with van der Waals surface area (Å²) in [5.74, 6) is -3.33. The van der Waals surface area contributed by atoms with Crippen LogP contribution in [0.2, 0.25) is 0 Å². The van der Waals surface area contributed by atoms with Gasteiger partial charge in [-0.3, -0.25) is 14.4 Å². The predicted octanol–water partition coefficient (Wildman–Crippen LogP) is 14.4. The maximum absolute atomic E-state index is 13.1. The molecule has 1 aliphatic heterocycles. The van der Waals surface area contributed by atoms with Gasteiger partial charge < -0.3 is 39.0 Å². The molecule has 75 heavy (non-hydrogen) atoms. The number of hydrogen-bond acceptors (Lipinski definition) is 11. The molecule has 0 amide bonds. The number of hydrogen-bond donors (Lipinski definition) is 3. The van der Waals surface area contributed by atoms with E-state index in [9.17, 15) is 34.5 Å². The highest BCUT2D eigenvalue weighted by molar-refractivity contribution is 5.74. The third-order valence-electron chi connectivity index (χ3n) is 12.0. The minimum Gasteiger partial charge on any atom is -0.479 e. The van der Waals surface area contributed by atoms with Crippen molar-refractivity contribution in [2.24, 2.45) is 0 Å². The Balaban J connectivity index is 2.77. The van der Waals surface area contributed by atoms with Gasteiger partial charge in [0.05, 0.1) is 13.0 Å². The lowest BCUT2D eigenvalue weighted by molar-refractivity contribution is -0.301. The Morgan fingerprint density at radius 3 is 1.35 bits per heavy atom. The molecule has 0 aromatic carbocycles. The van der Waals surface area contributed by atoms with Crippen LogP contribution in [-0.2, 0) is 42.9 Å². The van der Waals surface area contributed by atoms with Crippen molar-refractivity contribution in [3.8, 4) is 0 Å². The van der Waals surface area contributed by atoms with Crippen LogP contribution >= 0.6 is 0 Å². The van der Waals surface area contributed by atoms with Crippen molar-refractivity contribution >= 4 is 23.9 Å². The number of esters is 3. The van der Waals surface area contributed by atoms with Crippen LogP contribution in [0.1, 0.15) is 201 Å². The SMILES string of the molecule is CC/C=C\C/C=C\C/C=C\C/C=C\C/C=C\CC(=O)OC1C(OCC(COC(=O)CCCCCCCCC/C=C\C/C=C\C/C=C\CC)OC(=O)CCCCCCC/C=C\C/C=C\CCC)OC(C(=O)O)C(O)C1O. The van der Waals surface area contributed by atoms with Crippen molar-refractivity contribution in [3.63, 3.8) is 0 Å². The van der Waals surface area contributed by atoms with Crippen molar-refractivity contribution in [2.75, 3.05) is 13.2 Å². The number of allylic oxidation sites excluding steroid dienone is 19. The van der Waals surface area contributed by atoms with Gasteiger partial charge in [-0.15, -0.1) is 0 Å². The highest BCUT2D eigenvalue weighted by Gasteiger charge is 2.50. The lowest BCUT2D eigenvalue weighted by Crippen LogP contribution is -2.61. The van der Waals surface area contributed by atoms with E-state index in [1.165, 1.54) is 6.42 Å². The van der Waals surface area contributed by atoms with E-state index in [1.54, 1.807) is 12.2 Å². The Bertz CT molecular complexity index is 1770. The van der Waals surface area contributed by atoms with Crippen LogP contribution < -0.4 is 0 Å². The molecule has 0 saturated carbocycles. The highest BCUT2D eigenvalue weighted by atomic mass is 16.7. The summed E-state index contributed by atoms with van der Waals surface area (Å²) in [5, 5.41) is 31.4. The lowest BCUT2D eigenvalue weighted by Gasteiger charge is -2.40. The number of aliphatic hydroxyl groups excluding tert-OH is 2. The topological polar surface area (TPSA) is 175 Å². The first-order valence-corrected chi connectivity index (χ1v) is 28.5. The van der Waals surface area contributed by atoms with Crippen LogP contribution in [0.25, 0.3) is 0 Å². The van der Waals surface area contributed by atoms with Crippen LogP contribution in [0.15, 0.2) is 122 Å². The summed E-state index contributed by atoms with van der Waals surface area (Å²) in [6.45, 7) is 5.62. The maximum Gasteiger partial charge on any atom is 0.335 e. The first-order chi connectivity index (χ1) is 36.6. The zero-order chi connectivity index (χ0) is 54.7. The minimum absolute atomic E-state index is 0.127. The van der Waals surface area contributed by atoms with Gasteiger partial charge in [-0.1, -0.05) is 200 Å². The van der Waals surface area contributed by atoms with Gasteiger partial charge in [-0.25, -0.2) is 4.79 Å². The molecule has 1 rings (SSSR count).